The Morgan fingerprint density at radius 2 is 2.24 bits per heavy atom. The monoisotopic (exact) mass is 501 g/mol. The Balaban J connectivity index is 1.34. The number of likely N-dealkylation sites (tertiary alicyclic amines) is 1. The van der Waals surface area contributed by atoms with Crippen LogP contribution in [-0.2, 0) is 11.2 Å². The first-order chi connectivity index (χ1) is 16.5. The van der Waals surface area contributed by atoms with Gasteiger partial charge in [-0.25, -0.2) is 4.39 Å². The molecule has 3 aromatic rings. The van der Waals surface area contributed by atoms with Gasteiger partial charge in [0.2, 0.25) is 0 Å². The number of rotatable bonds is 11. The highest BCUT2D eigenvalue weighted by Crippen LogP contribution is 2.32. The molecule has 5 nitrogen and oxygen atoms in total. The molecule has 0 radical (unpaired) electrons. The van der Waals surface area contributed by atoms with Crippen LogP contribution in [0.1, 0.15) is 31.2 Å². The number of fused-ring (bicyclic) bond motifs is 1. The molecular formula is C26H30FN2O3S2-. The van der Waals surface area contributed by atoms with Crippen molar-refractivity contribution in [2.45, 2.75) is 36.3 Å². The summed E-state index contributed by atoms with van der Waals surface area (Å²) in [7, 11) is 1.60. The number of hydrogen-bond donors (Lipinski definition) is 0. The van der Waals surface area contributed by atoms with Gasteiger partial charge in [-0.05, 0) is 85.7 Å². The summed E-state index contributed by atoms with van der Waals surface area (Å²) in [5.41, 5.74) is 1.41. The Kier molecular flexibility index (Phi) is 8.80. The van der Waals surface area contributed by atoms with Gasteiger partial charge in [-0.2, -0.15) is 0 Å². The van der Waals surface area contributed by atoms with E-state index in [0.29, 0.717) is 23.7 Å². The second kappa shape index (κ2) is 12.0. The van der Waals surface area contributed by atoms with E-state index >= 15 is 0 Å². The SMILES string of the molecule is COc1ccc2ncc(F)c(CCCC3CCN(CCSc4cccs4)CC3CC(=O)[O-])c2c1. The Bertz CT molecular complexity index is 1090. The number of ether oxygens (including phenoxy) is 1. The van der Waals surface area contributed by atoms with Crippen LogP contribution in [-0.4, -0.2) is 48.4 Å². The highest BCUT2D eigenvalue weighted by molar-refractivity contribution is 8.01. The zero-order chi connectivity index (χ0) is 23.9. The summed E-state index contributed by atoms with van der Waals surface area (Å²) in [6.07, 6.45) is 4.61. The fraction of sp³-hybridized carbons (Fsp3) is 0.462. The molecule has 4 rings (SSSR count). The maximum absolute atomic E-state index is 14.6. The van der Waals surface area contributed by atoms with Crippen LogP contribution in [0.2, 0.25) is 0 Å². The molecule has 1 aromatic carbocycles. The number of aliphatic carboxylic acids is 1. The standard InChI is InChI=1S/C26H31FN2O3S2/c1-32-20-7-8-24-22(15-20)21(23(27)16-28-24)5-2-4-18-9-10-29(17-19(18)14-25(30)31)11-13-34-26-6-3-12-33-26/h3,6-8,12,15-16,18-19H,2,4-5,9-11,13-14,17H2,1H3,(H,30,31)/p-1. The van der Waals surface area contributed by atoms with E-state index in [9.17, 15) is 14.3 Å². The van der Waals surface area contributed by atoms with Crippen molar-refractivity contribution < 1.29 is 19.0 Å². The summed E-state index contributed by atoms with van der Waals surface area (Å²) in [6, 6.07) is 9.71. The van der Waals surface area contributed by atoms with Gasteiger partial charge in [-0.3, -0.25) is 4.98 Å². The minimum absolute atomic E-state index is 0.0737. The van der Waals surface area contributed by atoms with Gasteiger partial charge in [-0.1, -0.05) is 6.07 Å². The van der Waals surface area contributed by atoms with Crippen LogP contribution in [0.5, 0.6) is 5.75 Å². The summed E-state index contributed by atoms with van der Waals surface area (Å²) in [6.45, 7) is 2.71. The van der Waals surface area contributed by atoms with E-state index < -0.39 is 5.97 Å². The number of benzene rings is 1. The van der Waals surface area contributed by atoms with Gasteiger partial charge >= 0.3 is 0 Å². The molecule has 0 aliphatic carbocycles. The molecule has 2 atom stereocenters. The Labute approximate surface area is 208 Å². The number of aromatic nitrogens is 1. The van der Waals surface area contributed by atoms with Crippen molar-refractivity contribution in [2.24, 2.45) is 11.8 Å². The Morgan fingerprint density at radius 3 is 3.00 bits per heavy atom. The van der Waals surface area contributed by atoms with Crippen molar-refractivity contribution >= 4 is 40.0 Å². The number of piperidine rings is 1. The second-order valence-corrected chi connectivity index (χ2v) is 11.2. The third-order valence-corrected chi connectivity index (χ3v) is 8.80. The molecule has 1 aliphatic rings. The van der Waals surface area contributed by atoms with E-state index in [1.54, 1.807) is 18.4 Å². The number of nitrogens with zero attached hydrogens (tertiary/aromatic N) is 2. The number of thioether (sulfide) groups is 1. The number of thiophene rings is 1. The molecule has 34 heavy (non-hydrogen) atoms. The fourth-order valence-corrected chi connectivity index (χ4v) is 6.79. The number of pyridine rings is 1. The van der Waals surface area contributed by atoms with Crippen molar-refractivity contribution in [3.8, 4) is 5.75 Å². The number of hydrogen-bond acceptors (Lipinski definition) is 7. The molecule has 0 bridgehead atoms. The topological polar surface area (TPSA) is 65.5 Å². The van der Waals surface area contributed by atoms with Crippen LogP contribution in [0.15, 0.2) is 46.1 Å². The van der Waals surface area contributed by atoms with Crippen molar-refractivity contribution in [1.82, 2.24) is 9.88 Å². The number of carboxylic acids is 1. The molecule has 3 heterocycles. The van der Waals surface area contributed by atoms with Crippen LogP contribution in [0.3, 0.4) is 0 Å². The van der Waals surface area contributed by atoms with E-state index in [0.717, 1.165) is 55.6 Å². The lowest BCUT2D eigenvalue weighted by Crippen LogP contribution is -2.43. The van der Waals surface area contributed by atoms with Gasteiger partial charge in [-0.15, -0.1) is 23.1 Å². The molecule has 1 aliphatic heterocycles. The predicted octanol–water partition coefficient (Wildman–Crippen LogP) is 4.64. The van der Waals surface area contributed by atoms with Crippen LogP contribution in [0, 0.1) is 17.7 Å². The number of carboxylic acid groups (broad SMARTS) is 1. The van der Waals surface area contributed by atoms with Gasteiger partial charge in [0.25, 0.3) is 0 Å². The van der Waals surface area contributed by atoms with Crippen LogP contribution < -0.4 is 9.84 Å². The van der Waals surface area contributed by atoms with Crippen LogP contribution in [0.4, 0.5) is 4.39 Å². The highest BCUT2D eigenvalue weighted by Gasteiger charge is 2.29. The summed E-state index contributed by atoms with van der Waals surface area (Å²) in [5.74, 6) is 0.781. The molecule has 0 saturated carbocycles. The lowest BCUT2D eigenvalue weighted by Gasteiger charge is -2.39. The maximum atomic E-state index is 14.6. The third kappa shape index (κ3) is 6.49. The zero-order valence-corrected chi connectivity index (χ0v) is 21.0. The van der Waals surface area contributed by atoms with E-state index in [4.69, 9.17) is 4.74 Å². The smallest absolute Gasteiger partial charge is 0.145 e. The van der Waals surface area contributed by atoms with E-state index in [1.807, 2.05) is 30.0 Å². The first-order valence-electron chi connectivity index (χ1n) is 11.7. The Hall–Kier alpha value is -2.16. The van der Waals surface area contributed by atoms with Gasteiger partial charge < -0.3 is 19.5 Å². The lowest BCUT2D eigenvalue weighted by molar-refractivity contribution is -0.307. The minimum Gasteiger partial charge on any atom is -0.550 e. The summed E-state index contributed by atoms with van der Waals surface area (Å²) < 4.78 is 21.3. The number of methoxy groups -OCH3 is 1. The van der Waals surface area contributed by atoms with Crippen LogP contribution >= 0.6 is 23.1 Å². The van der Waals surface area contributed by atoms with E-state index in [2.05, 4.69) is 27.4 Å². The lowest BCUT2D eigenvalue weighted by atomic mass is 9.80. The summed E-state index contributed by atoms with van der Waals surface area (Å²) in [5, 5.41) is 14.3. The second-order valence-electron chi connectivity index (χ2n) is 8.83. The maximum Gasteiger partial charge on any atom is 0.145 e. The van der Waals surface area contributed by atoms with Crippen molar-refractivity contribution in [1.29, 1.82) is 0 Å². The number of aryl methyl sites for hydroxylation is 1. The molecule has 2 unspecified atom stereocenters. The fourth-order valence-electron chi connectivity index (χ4n) is 4.93. The molecule has 0 N–H and O–H groups in total. The highest BCUT2D eigenvalue weighted by atomic mass is 32.2. The first-order valence-corrected chi connectivity index (χ1v) is 13.6. The molecule has 8 heteroatoms. The van der Waals surface area contributed by atoms with E-state index in [-0.39, 0.29) is 18.2 Å². The molecule has 1 saturated heterocycles. The van der Waals surface area contributed by atoms with Gasteiger partial charge in [0.15, 0.2) is 0 Å². The summed E-state index contributed by atoms with van der Waals surface area (Å²) >= 11 is 3.60. The van der Waals surface area contributed by atoms with Crippen molar-refractivity contribution in [3.63, 3.8) is 0 Å². The van der Waals surface area contributed by atoms with Gasteiger partial charge in [0.1, 0.15) is 11.6 Å². The first kappa shape index (κ1) is 24.9. The number of halogens is 1. The molecule has 0 amide bonds. The average Bonchev–Trinajstić information content (AvgIpc) is 3.34. The zero-order valence-electron chi connectivity index (χ0n) is 19.4. The van der Waals surface area contributed by atoms with E-state index in [1.165, 1.54) is 10.4 Å². The predicted molar refractivity (Wildman–Crippen MR) is 134 cm³/mol. The number of carbonyl (C=O) groups is 1. The van der Waals surface area contributed by atoms with Crippen molar-refractivity contribution in [3.05, 3.63) is 53.3 Å². The number of carbonyl (C=O) groups excluding carboxylic acids is 1. The normalized spacial score (nSPS) is 18.9. The van der Waals surface area contributed by atoms with Crippen LogP contribution in [0.25, 0.3) is 10.9 Å². The third-order valence-electron chi connectivity index (χ3n) is 6.69. The minimum atomic E-state index is -0.983. The van der Waals surface area contributed by atoms with Crippen molar-refractivity contribution in [2.75, 3.05) is 32.5 Å². The average molecular weight is 502 g/mol. The molecule has 1 fully saturated rings. The molecule has 2 aromatic heterocycles. The molecule has 182 valence electrons. The van der Waals surface area contributed by atoms with Gasteiger partial charge in [0.05, 0.1) is 23.0 Å². The summed E-state index contributed by atoms with van der Waals surface area (Å²) in [4.78, 5) is 18.0. The quantitative estimate of drug-likeness (QED) is 0.357. The largest absolute Gasteiger partial charge is 0.550 e. The Morgan fingerprint density at radius 1 is 1.35 bits per heavy atom. The molecular weight excluding hydrogens is 471 g/mol. The van der Waals surface area contributed by atoms with Gasteiger partial charge in [0, 0.05) is 30.2 Å². The molecule has 0 spiro atoms.